The van der Waals surface area contributed by atoms with Crippen molar-refractivity contribution in [1.29, 1.82) is 0 Å². The first kappa shape index (κ1) is 22.1. The largest absolute Gasteiger partial charge is 0.493 e. The number of nitrogens with zero attached hydrogens (tertiary/aromatic N) is 1. The van der Waals surface area contributed by atoms with Gasteiger partial charge in [-0.25, -0.2) is 0 Å². The monoisotopic (exact) mass is 465 g/mol. The molecule has 2 aromatic carbocycles. The van der Waals surface area contributed by atoms with Crippen LogP contribution in [0.2, 0.25) is 0 Å². The Morgan fingerprint density at radius 1 is 0.971 bits per heavy atom. The van der Waals surface area contributed by atoms with Crippen LogP contribution in [0.15, 0.2) is 29.8 Å². The zero-order valence-corrected chi connectivity index (χ0v) is 19.5. The Labute approximate surface area is 198 Å². The first-order valence-electron chi connectivity index (χ1n) is 11.3. The molecule has 1 saturated heterocycles. The molecule has 1 amide bonds. The number of amides is 1. The Balaban J connectivity index is 1.73. The molecule has 0 aromatic heterocycles. The molecule has 0 radical (unpaired) electrons. The van der Waals surface area contributed by atoms with Gasteiger partial charge in [0.25, 0.3) is 0 Å². The number of likely N-dealkylation sites (tertiary alicyclic amines) is 1. The lowest BCUT2D eigenvalue weighted by Crippen LogP contribution is -2.39. The first-order chi connectivity index (χ1) is 16.6. The Morgan fingerprint density at radius 3 is 2.21 bits per heavy atom. The van der Waals surface area contributed by atoms with Crippen molar-refractivity contribution in [2.24, 2.45) is 5.92 Å². The lowest BCUT2D eigenvalue weighted by Gasteiger charge is -2.35. The lowest BCUT2D eigenvalue weighted by molar-refractivity contribution is -0.134. The number of aldehydes is 1. The van der Waals surface area contributed by atoms with Gasteiger partial charge in [-0.1, -0.05) is 0 Å². The molecule has 1 aliphatic carbocycles. The number of hydrogen-bond acceptors (Lipinski definition) is 7. The molecule has 0 spiro atoms. The molecule has 0 saturated carbocycles. The predicted octanol–water partition coefficient (Wildman–Crippen LogP) is 3.41. The van der Waals surface area contributed by atoms with Gasteiger partial charge in [-0.05, 0) is 59.9 Å². The summed E-state index contributed by atoms with van der Waals surface area (Å²) in [5.41, 5.74) is 2.90. The topological polar surface area (TPSA) is 83.5 Å². The summed E-state index contributed by atoms with van der Waals surface area (Å²) >= 11 is 0. The molecule has 3 aliphatic rings. The van der Waals surface area contributed by atoms with Crippen LogP contribution < -0.4 is 23.7 Å². The summed E-state index contributed by atoms with van der Waals surface area (Å²) in [5.74, 6) is 1.45. The van der Waals surface area contributed by atoms with E-state index in [4.69, 9.17) is 23.7 Å². The number of methoxy groups -OCH3 is 3. The third-order valence-corrected chi connectivity index (χ3v) is 6.79. The average molecular weight is 466 g/mol. The number of benzene rings is 2. The van der Waals surface area contributed by atoms with Gasteiger partial charge in [-0.15, -0.1) is 0 Å². The van der Waals surface area contributed by atoms with Crippen LogP contribution in [0.1, 0.15) is 35.4 Å². The van der Waals surface area contributed by atoms with Crippen LogP contribution in [-0.2, 0) is 9.59 Å². The van der Waals surface area contributed by atoms with E-state index in [1.54, 1.807) is 27.4 Å². The summed E-state index contributed by atoms with van der Waals surface area (Å²) in [4.78, 5) is 28.0. The fourth-order valence-electron chi connectivity index (χ4n) is 5.19. The minimum Gasteiger partial charge on any atom is -0.493 e. The molecule has 2 aromatic rings. The van der Waals surface area contributed by atoms with Crippen LogP contribution in [-0.4, -0.2) is 58.3 Å². The molecule has 34 heavy (non-hydrogen) atoms. The maximum Gasteiger partial charge on any atom is 0.231 e. The fraction of sp³-hybridized carbons (Fsp3) is 0.385. The normalized spacial score (nSPS) is 20.4. The summed E-state index contributed by atoms with van der Waals surface area (Å²) in [5, 5.41) is 0. The molecule has 0 bridgehead atoms. The van der Waals surface area contributed by atoms with E-state index in [-0.39, 0.29) is 12.7 Å². The molecule has 0 unspecified atom stereocenters. The fourth-order valence-corrected chi connectivity index (χ4v) is 5.19. The highest BCUT2D eigenvalue weighted by Crippen LogP contribution is 2.50. The zero-order valence-electron chi connectivity index (χ0n) is 19.5. The van der Waals surface area contributed by atoms with Crippen molar-refractivity contribution in [3.63, 3.8) is 0 Å². The van der Waals surface area contributed by atoms with Crippen molar-refractivity contribution in [2.45, 2.75) is 18.8 Å². The van der Waals surface area contributed by atoms with Gasteiger partial charge in [0.05, 0.1) is 27.2 Å². The molecule has 2 atom stereocenters. The van der Waals surface area contributed by atoms with Gasteiger partial charge in [0.2, 0.25) is 18.4 Å². The van der Waals surface area contributed by atoms with Crippen LogP contribution in [0.5, 0.6) is 28.7 Å². The zero-order chi connectivity index (χ0) is 23.8. The van der Waals surface area contributed by atoms with E-state index in [1.165, 1.54) is 0 Å². The van der Waals surface area contributed by atoms with E-state index in [2.05, 4.69) is 0 Å². The maximum atomic E-state index is 13.8. The van der Waals surface area contributed by atoms with Gasteiger partial charge in [0, 0.05) is 24.6 Å². The standard InChI is InChI=1S/C26H27NO7/c1-30-21-10-16(11-22(31-2)25(21)32-3)23-18-12-20-19(33-14-34-20)9-15(18)8-17(13-28)24(23)26(29)27-6-4-5-7-27/h8-13,23-24H,4-7,14H2,1-3H3/t23-,24-/m1/s1. The Morgan fingerprint density at radius 2 is 1.62 bits per heavy atom. The first-order valence-corrected chi connectivity index (χ1v) is 11.3. The van der Waals surface area contributed by atoms with Crippen molar-refractivity contribution in [1.82, 2.24) is 4.90 Å². The number of carbonyl (C=O) groups is 2. The van der Waals surface area contributed by atoms with Crippen LogP contribution in [0.25, 0.3) is 6.08 Å². The summed E-state index contributed by atoms with van der Waals surface area (Å²) in [6.45, 7) is 1.52. The van der Waals surface area contributed by atoms with Gasteiger partial charge in [-0.3, -0.25) is 9.59 Å². The highest BCUT2D eigenvalue weighted by Gasteiger charge is 2.42. The summed E-state index contributed by atoms with van der Waals surface area (Å²) < 4.78 is 27.9. The van der Waals surface area contributed by atoms with Crippen LogP contribution >= 0.6 is 0 Å². The van der Waals surface area contributed by atoms with Gasteiger partial charge < -0.3 is 28.6 Å². The smallest absolute Gasteiger partial charge is 0.231 e. The summed E-state index contributed by atoms with van der Waals surface area (Å²) in [7, 11) is 4.65. The van der Waals surface area contributed by atoms with Gasteiger partial charge in [0.15, 0.2) is 23.0 Å². The molecule has 1 fully saturated rings. The summed E-state index contributed by atoms with van der Waals surface area (Å²) in [6, 6.07) is 7.47. The van der Waals surface area contributed by atoms with Crippen molar-refractivity contribution in [2.75, 3.05) is 41.2 Å². The Kier molecular flexibility index (Phi) is 5.81. The second-order valence-corrected chi connectivity index (χ2v) is 8.54. The van der Waals surface area contributed by atoms with Crippen LogP contribution in [0, 0.1) is 5.92 Å². The minimum atomic E-state index is -0.689. The molecule has 8 nitrogen and oxygen atoms in total. The van der Waals surface area contributed by atoms with Crippen molar-refractivity contribution < 1.29 is 33.3 Å². The van der Waals surface area contributed by atoms with E-state index in [0.717, 1.165) is 35.8 Å². The van der Waals surface area contributed by atoms with Gasteiger partial charge >= 0.3 is 0 Å². The molecule has 8 heteroatoms. The third-order valence-electron chi connectivity index (χ3n) is 6.79. The second-order valence-electron chi connectivity index (χ2n) is 8.54. The predicted molar refractivity (Wildman–Crippen MR) is 124 cm³/mol. The Bertz CT molecular complexity index is 1140. The summed E-state index contributed by atoms with van der Waals surface area (Å²) in [6.07, 6.45) is 4.50. The van der Waals surface area contributed by atoms with Gasteiger partial charge in [0.1, 0.15) is 6.29 Å². The molecule has 178 valence electrons. The second kappa shape index (κ2) is 8.93. The number of hydrogen-bond donors (Lipinski definition) is 0. The quantitative estimate of drug-likeness (QED) is 0.605. The van der Waals surface area contributed by atoms with E-state index in [9.17, 15) is 9.59 Å². The lowest BCUT2D eigenvalue weighted by atomic mass is 9.71. The molecular formula is C26H27NO7. The highest BCUT2D eigenvalue weighted by atomic mass is 16.7. The van der Waals surface area contributed by atoms with Crippen molar-refractivity contribution in [3.05, 3.63) is 46.5 Å². The van der Waals surface area contributed by atoms with Crippen LogP contribution in [0.4, 0.5) is 0 Å². The van der Waals surface area contributed by atoms with Crippen molar-refractivity contribution in [3.8, 4) is 28.7 Å². The van der Waals surface area contributed by atoms with Gasteiger partial charge in [-0.2, -0.15) is 0 Å². The third kappa shape index (κ3) is 3.54. The maximum absolute atomic E-state index is 13.8. The van der Waals surface area contributed by atoms with E-state index < -0.39 is 11.8 Å². The SMILES string of the molecule is COc1cc([C@@H]2c3cc4c(cc3C=C(C=O)[C@H]2C(=O)N2CCCC2)OCO4)cc(OC)c1OC. The van der Waals surface area contributed by atoms with E-state index in [0.29, 0.717) is 47.4 Å². The number of ether oxygens (including phenoxy) is 5. The molecule has 2 heterocycles. The number of rotatable bonds is 6. The Hall–Kier alpha value is -3.68. The molecule has 2 aliphatic heterocycles. The van der Waals surface area contributed by atoms with Crippen LogP contribution in [0.3, 0.4) is 0 Å². The number of carbonyl (C=O) groups excluding carboxylic acids is 2. The molecular weight excluding hydrogens is 438 g/mol. The van der Waals surface area contributed by atoms with Crippen molar-refractivity contribution >= 4 is 18.3 Å². The molecule has 5 rings (SSSR count). The number of fused-ring (bicyclic) bond motifs is 2. The highest BCUT2D eigenvalue weighted by molar-refractivity contribution is 5.97. The van der Waals surface area contributed by atoms with E-state index >= 15 is 0 Å². The average Bonchev–Trinajstić information content (AvgIpc) is 3.57. The minimum absolute atomic E-state index is 0.0575. The molecule has 0 N–H and O–H groups in total. The van der Waals surface area contributed by atoms with E-state index in [1.807, 2.05) is 29.2 Å².